The van der Waals surface area contributed by atoms with E-state index < -0.39 is 0 Å². The molecule has 4 N–H and O–H groups in total. The van der Waals surface area contributed by atoms with Crippen LogP contribution in [0.25, 0.3) is 10.9 Å². The van der Waals surface area contributed by atoms with Crippen molar-refractivity contribution >= 4 is 10.9 Å². The maximum absolute atomic E-state index is 5.43. The van der Waals surface area contributed by atoms with Crippen molar-refractivity contribution in [1.82, 2.24) is 4.98 Å². The van der Waals surface area contributed by atoms with Crippen LogP contribution < -0.4 is 15.4 Å². The Labute approximate surface area is 144 Å². The summed E-state index contributed by atoms with van der Waals surface area (Å²) in [5, 5.41) is 1.20. The van der Waals surface area contributed by atoms with Crippen LogP contribution in [0.3, 0.4) is 0 Å². The van der Waals surface area contributed by atoms with Gasteiger partial charge in [-0.25, -0.2) is 0 Å². The van der Waals surface area contributed by atoms with E-state index in [2.05, 4.69) is 35.8 Å². The zero-order valence-electron chi connectivity index (χ0n) is 14.8. The molecule has 3 saturated heterocycles. The van der Waals surface area contributed by atoms with Crippen LogP contribution in [0.2, 0.25) is 0 Å². The van der Waals surface area contributed by atoms with Crippen molar-refractivity contribution in [2.24, 2.45) is 11.8 Å². The van der Waals surface area contributed by atoms with Crippen LogP contribution in [0.1, 0.15) is 37.8 Å². The average molecular weight is 327 g/mol. The van der Waals surface area contributed by atoms with E-state index in [1.54, 1.807) is 12.0 Å². The fourth-order valence-electron chi connectivity index (χ4n) is 5.09. The van der Waals surface area contributed by atoms with Crippen LogP contribution in [0.5, 0.6) is 5.75 Å². The molecule has 0 spiro atoms. The van der Waals surface area contributed by atoms with Crippen LogP contribution in [-0.4, -0.2) is 31.2 Å². The highest BCUT2D eigenvalue weighted by molar-refractivity contribution is 5.83. The number of nitrogens with zero attached hydrogens (tertiary/aromatic N) is 1. The maximum Gasteiger partial charge on any atom is 0.163 e. The van der Waals surface area contributed by atoms with Gasteiger partial charge in [-0.2, -0.15) is 0 Å². The zero-order valence-corrected chi connectivity index (χ0v) is 14.8. The molecule has 0 radical (unpaired) electrons. The SMILES string of the molecule is CC[C@H]1C[NH+]2CCC1C[C@H]2[C@@H]([NH3+])c1ccnc2ccc(OC)cc12. The number of ether oxygens (including phenoxy) is 1. The van der Waals surface area contributed by atoms with Gasteiger partial charge in [0, 0.05) is 35.9 Å². The summed E-state index contributed by atoms with van der Waals surface area (Å²) in [5.74, 6) is 2.73. The van der Waals surface area contributed by atoms with E-state index in [1.807, 2.05) is 12.3 Å². The van der Waals surface area contributed by atoms with E-state index in [9.17, 15) is 0 Å². The Kier molecular flexibility index (Phi) is 4.19. The first-order valence-corrected chi connectivity index (χ1v) is 9.31. The third-order valence-corrected chi connectivity index (χ3v) is 6.50. The van der Waals surface area contributed by atoms with Crippen molar-refractivity contribution in [2.45, 2.75) is 38.3 Å². The molecule has 5 rings (SSSR count). The zero-order chi connectivity index (χ0) is 16.7. The Morgan fingerprint density at radius 2 is 2.25 bits per heavy atom. The van der Waals surface area contributed by atoms with E-state index in [-0.39, 0.29) is 0 Å². The number of fused-ring (bicyclic) bond motifs is 4. The lowest BCUT2D eigenvalue weighted by atomic mass is 9.72. The Bertz CT molecular complexity index is 732. The van der Waals surface area contributed by atoms with Crippen LogP contribution in [0.4, 0.5) is 0 Å². The second kappa shape index (κ2) is 6.34. The molecule has 2 unspecified atom stereocenters. The molecule has 0 aliphatic carbocycles. The Morgan fingerprint density at radius 1 is 1.38 bits per heavy atom. The van der Waals surface area contributed by atoms with Crippen molar-refractivity contribution in [3.63, 3.8) is 0 Å². The summed E-state index contributed by atoms with van der Waals surface area (Å²) in [5.41, 5.74) is 6.99. The molecule has 2 aromatic rings. The molecule has 24 heavy (non-hydrogen) atoms. The van der Waals surface area contributed by atoms with Gasteiger partial charge in [-0.05, 0) is 36.6 Å². The molecular weight excluding hydrogens is 298 g/mol. The molecule has 2 bridgehead atoms. The first-order chi connectivity index (χ1) is 11.7. The van der Waals surface area contributed by atoms with Crippen molar-refractivity contribution in [1.29, 1.82) is 0 Å². The number of methoxy groups -OCH3 is 1. The normalized spacial score (nSPS) is 30.5. The number of benzene rings is 1. The third-order valence-electron chi connectivity index (χ3n) is 6.50. The predicted molar refractivity (Wildman–Crippen MR) is 94.9 cm³/mol. The molecule has 5 atom stereocenters. The largest absolute Gasteiger partial charge is 0.497 e. The summed E-state index contributed by atoms with van der Waals surface area (Å²) in [6.07, 6.45) is 6.00. The first-order valence-electron chi connectivity index (χ1n) is 9.31. The summed E-state index contributed by atoms with van der Waals surface area (Å²) in [7, 11) is 1.72. The summed E-state index contributed by atoms with van der Waals surface area (Å²) in [6, 6.07) is 9.29. The van der Waals surface area contributed by atoms with E-state index in [0.29, 0.717) is 12.1 Å². The van der Waals surface area contributed by atoms with Gasteiger partial charge >= 0.3 is 0 Å². The lowest BCUT2D eigenvalue weighted by molar-refractivity contribution is -0.957. The molecular formula is C20H29N3O+2. The highest BCUT2D eigenvalue weighted by atomic mass is 16.5. The fourth-order valence-corrected chi connectivity index (χ4v) is 5.09. The lowest BCUT2D eigenvalue weighted by Gasteiger charge is -2.47. The lowest BCUT2D eigenvalue weighted by Crippen LogP contribution is -3.21. The number of aromatic nitrogens is 1. The summed E-state index contributed by atoms with van der Waals surface area (Å²) in [4.78, 5) is 6.30. The number of hydrogen-bond acceptors (Lipinski definition) is 2. The molecule has 4 heteroatoms. The minimum atomic E-state index is 0.318. The second-order valence-electron chi connectivity index (χ2n) is 7.56. The summed E-state index contributed by atoms with van der Waals surface area (Å²) >= 11 is 0. The monoisotopic (exact) mass is 327 g/mol. The number of hydrogen-bond donors (Lipinski definition) is 2. The third kappa shape index (κ3) is 2.58. The topological polar surface area (TPSA) is 54.2 Å². The molecule has 128 valence electrons. The van der Waals surface area contributed by atoms with E-state index in [0.717, 1.165) is 23.1 Å². The van der Waals surface area contributed by atoms with Crippen LogP contribution in [-0.2, 0) is 0 Å². The molecule has 4 heterocycles. The molecule has 3 aliphatic heterocycles. The molecule has 0 saturated carbocycles. The van der Waals surface area contributed by atoms with E-state index >= 15 is 0 Å². The van der Waals surface area contributed by atoms with Gasteiger partial charge in [-0.3, -0.25) is 4.98 Å². The van der Waals surface area contributed by atoms with Crippen LogP contribution >= 0.6 is 0 Å². The van der Waals surface area contributed by atoms with Crippen LogP contribution in [0, 0.1) is 11.8 Å². The van der Waals surface area contributed by atoms with Gasteiger partial charge in [0.2, 0.25) is 0 Å². The Hall–Kier alpha value is -1.65. The van der Waals surface area contributed by atoms with Gasteiger partial charge in [0.15, 0.2) is 6.04 Å². The number of pyridine rings is 1. The summed E-state index contributed by atoms with van der Waals surface area (Å²) < 4.78 is 5.43. The number of piperidine rings is 3. The summed E-state index contributed by atoms with van der Waals surface area (Å²) in [6.45, 7) is 5.01. The van der Waals surface area contributed by atoms with Gasteiger partial charge in [0.25, 0.3) is 0 Å². The standard InChI is InChI=1S/C20H27N3O/c1-3-13-12-23-9-7-14(13)10-19(23)20(21)16-6-8-22-18-5-4-15(24-2)11-17(16)18/h4-6,8,11,13-14,19-20H,3,7,9-10,12,21H2,1-2H3/p+2/t13-,14?,19-,20-/m0/s1. The molecule has 1 aromatic carbocycles. The van der Waals surface area contributed by atoms with Crippen LogP contribution in [0.15, 0.2) is 30.5 Å². The van der Waals surface area contributed by atoms with Gasteiger partial charge in [0.1, 0.15) is 11.8 Å². The van der Waals surface area contributed by atoms with Gasteiger partial charge < -0.3 is 15.4 Å². The second-order valence-corrected chi connectivity index (χ2v) is 7.56. The minimum Gasteiger partial charge on any atom is -0.497 e. The number of nitrogens with one attached hydrogen (secondary N) is 1. The molecule has 3 aliphatic rings. The van der Waals surface area contributed by atoms with Crippen molar-refractivity contribution in [2.75, 3.05) is 20.2 Å². The quantitative estimate of drug-likeness (QED) is 0.887. The number of quaternary nitrogens is 2. The highest BCUT2D eigenvalue weighted by Gasteiger charge is 2.47. The molecule has 1 aromatic heterocycles. The smallest absolute Gasteiger partial charge is 0.163 e. The van der Waals surface area contributed by atoms with E-state index in [1.165, 1.54) is 43.3 Å². The number of rotatable bonds is 4. The minimum absolute atomic E-state index is 0.318. The van der Waals surface area contributed by atoms with Crippen molar-refractivity contribution < 1.29 is 15.4 Å². The Balaban J connectivity index is 1.68. The predicted octanol–water partition coefficient (Wildman–Crippen LogP) is 1.23. The Morgan fingerprint density at radius 3 is 2.96 bits per heavy atom. The average Bonchev–Trinajstić information content (AvgIpc) is 2.66. The fraction of sp³-hybridized carbons (Fsp3) is 0.550. The first kappa shape index (κ1) is 15.9. The van der Waals surface area contributed by atoms with Gasteiger partial charge in [0.05, 0.1) is 25.7 Å². The van der Waals surface area contributed by atoms with Gasteiger partial charge in [-0.1, -0.05) is 6.92 Å². The molecule has 3 fully saturated rings. The molecule has 0 amide bonds. The van der Waals surface area contributed by atoms with Crippen molar-refractivity contribution in [3.8, 4) is 5.75 Å². The highest BCUT2D eigenvalue weighted by Crippen LogP contribution is 2.33. The van der Waals surface area contributed by atoms with E-state index in [4.69, 9.17) is 4.74 Å². The van der Waals surface area contributed by atoms with Gasteiger partial charge in [-0.15, -0.1) is 0 Å². The molecule has 4 nitrogen and oxygen atoms in total. The maximum atomic E-state index is 5.43. The van der Waals surface area contributed by atoms with Crippen molar-refractivity contribution in [3.05, 3.63) is 36.0 Å².